The lowest BCUT2D eigenvalue weighted by Crippen LogP contribution is -2.53. The maximum Gasteiger partial charge on any atom is 0.325 e. The third kappa shape index (κ3) is 2.19. The molecule has 1 aliphatic heterocycles. The van der Waals surface area contributed by atoms with Crippen LogP contribution in [0.1, 0.15) is 32.1 Å². The number of fused-ring (bicyclic) bond motifs is 1. The molecule has 1 amide bonds. The average Bonchev–Trinajstić information content (AvgIpc) is 2.72. The van der Waals surface area contributed by atoms with Gasteiger partial charge in [0.1, 0.15) is 6.54 Å². The Bertz CT molecular complexity index is 381. The predicted octanol–water partition coefficient (Wildman–Crippen LogP) is 0.151. The Labute approximate surface area is 105 Å². The molecule has 100 valence electrons. The fourth-order valence-corrected chi connectivity index (χ4v) is 2.78. The maximum atomic E-state index is 12.2. The van der Waals surface area contributed by atoms with Gasteiger partial charge in [0.2, 0.25) is 0 Å². The summed E-state index contributed by atoms with van der Waals surface area (Å²) in [6, 6.07) is 0. The van der Waals surface area contributed by atoms with Crippen molar-refractivity contribution in [2.45, 2.75) is 37.7 Å². The first-order chi connectivity index (χ1) is 8.58. The smallest absolute Gasteiger partial charge is 0.325 e. The third-order valence-electron chi connectivity index (χ3n) is 3.72. The van der Waals surface area contributed by atoms with E-state index in [2.05, 4.69) is 10.1 Å². The highest BCUT2D eigenvalue weighted by molar-refractivity contribution is 5.93. The standard InChI is InChI=1S/C12H17NO5/c1-17-10(15)7-13-11(16)12-5-3-2-4-8(12)6-9(14)18-12/h8H,2-7H2,1H3,(H,13,16)/t8-,12+/m1/s1. The van der Waals surface area contributed by atoms with Crippen molar-refractivity contribution < 1.29 is 23.9 Å². The monoisotopic (exact) mass is 255 g/mol. The molecule has 1 heterocycles. The van der Waals surface area contributed by atoms with Crippen LogP contribution >= 0.6 is 0 Å². The molecule has 0 unspecified atom stereocenters. The summed E-state index contributed by atoms with van der Waals surface area (Å²) in [5.74, 6) is -1.27. The van der Waals surface area contributed by atoms with Crippen molar-refractivity contribution in [3.8, 4) is 0 Å². The number of amides is 1. The molecule has 0 radical (unpaired) electrons. The number of rotatable bonds is 3. The van der Waals surface area contributed by atoms with Crippen LogP contribution in [0.4, 0.5) is 0 Å². The van der Waals surface area contributed by atoms with Gasteiger partial charge < -0.3 is 14.8 Å². The number of hydrogen-bond donors (Lipinski definition) is 1. The number of esters is 2. The minimum absolute atomic E-state index is 0.0589. The van der Waals surface area contributed by atoms with Crippen LogP contribution in [0, 0.1) is 5.92 Å². The van der Waals surface area contributed by atoms with Crippen molar-refractivity contribution in [2.75, 3.05) is 13.7 Å². The normalized spacial score (nSPS) is 30.3. The Morgan fingerprint density at radius 1 is 1.50 bits per heavy atom. The lowest BCUT2D eigenvalue weighted by molar-refractivity contribution is -0.163. The van der Waals surface area contributed by atoms with Gasteiger partial charge in [-0.15, -0.1) is 0 Å². The molecular weight excluding hydrogens is 238 g/mol. The number of methoxy groups -OCH3 is 1. The van der Waals surface area contributed by atoms with E-state index in [1.165, 1.54) is 7.11 Å². The van der Waals surface area contributed by atoms with Crippen LogP contribution in [-0.4, -0.2) is 37.1 Å². The Hall–Kier alpha value is -1.59. The summed E-state index contributed by atoms with van der Waals surface area (Å²) in [5, 5.41) is 2.50. The summed E-state index contributed by atoms with van der Waals surface area (Å²) in [6.07, 6.45) is 3.52. The molecule has 6 heteroatoms. The third-order valence-corrected chi connectivity index (χ3v) is 3.72. The minimum atomic E-state index is -1.05. The molecule has 2 atom stereocenters. The van der Waals surface area contributed by atoms with Gasteiger partial charge in [0.05, 0.1) is 13.5 Å². The maximum absolute atomic E-state index is 12.2. The molecule has 1 N–H and O–H groups in total. The van der Waals surface area contributed by atoms with Gasteiger partial charge in [-0.1, -0.05) is 6.42 Å². The van der Waals surface area contributed by atoms with E-state index >= 15 is 0 Å². The first kappa shape index (κ1) is 12.9. The molecule has 0 aromatic heterocycles. The van der Waals surface area contributed by atoms with Gasteiger partial charge in [0.15, 0.2) is 5.60 Å². The number of carbonyl (C=O) groups excluding carboxylic acids is 3. The minimum Gasteiger partial charge on any atom is -0.468 e. The molecule has 0 spiro atoms. The van der Waals surface area contributed by atoms with Crippen molar-refractivity contribution in [3.05, 3.63) is 0 Å². The summed E-state index contributed by atoms with van der Waals surface area (Å²) in [7, 11) is 1.26. The zero-order valence-electron chi connectivity index (χ0n) is 10.4. The van der Waals surface area contributed by atoms with E-state index in [4.69, 9.17) is 4.74 Å². The van der Waals surface area contributed by atoms with E-state index in [9.17, 15) is 14.4 Å². The predicted molar refractivity (Wildman–Crippen MR) is 60.4 cm³/mol. The van der Waals surface area contributed by atoms with Crippen LogP contribution in [0.3, 0.4) is 0 Å². The molecule has 2 rings (SSSR count). The molecule has 2 fully saturated rings. The zero-order valence-corrected chi connectivity index (χ0v) is 10.4. The van der Waals surface area contributed by atoms with Gasteiger partial charge >= 0.3 is 11.9 Å². The van der Waals surface area contributed by atoms with Gasteiger partial charge in [-0.3, -0.25) is 14.4 Å². The molecule has 1 saturated carbocycles. The van der Waals surface area contributed by atoms with E-state index in [1.807, 2.05) is 0 Å². The summed E-state index contributed by atoms with van der Waals surface area (Å²) >= 11 is 0. The Morgan fingerprint density at radius 2 is 2.28 bits per heavy atom. The molecule has 0 aromatic rings. The van der Waals surface area contributed by atoms with Crippen molar-refractivity contribution in [3.63, 3.8) is 0 Å². The molecular formula is C12H17NO5. The SMILES string of the molecule is COC(=O)CNC(=O)[C@]12CCCC[C@@H]1CC(=O)O2. The van der Waals surface area contributed by atoms with Gasteiger partial charge in [-0.25, -0.2) is 0 Å². The molecule has 0 aromatic carbocycles. The van der Waals surface area contributed by atoms with Crippen molar-refractivity contribution in [2.24, 2.45) is 5.92 Å². The van der Waals surface area contributed by atoms with Crippen LogP contribution in [-0.2, 0) is 23.9 Å². The summed E-state index contributed by atoms with van der Waals surface area (Å²) < 4.78 is 9.73. The second-order valence-corrected chi connectivity index (χ2v) is 4.77. The van der Waals surface area contributed by atoms with Crippen LogP contribution in [0.5, 0.6) is 0 Å². The van der Waals surface area contributed by atoms with E-state index < -0.39 is 11.6 Å². The summed E-state index contributed by atoms with van der Waals surface area (Å²) in [6.45, 7) is -0.193. The van der Waals surface area contributed by atoms with Gasteiger partial charge in [0, 0.05) is 5.92 Å². The molecule has 1 saturated heterocycles. The zero-order chi connectivity index (χ0) is 13.2. The lowest BCUT2D eigenvalue weighted by Gasteiger charge is -2.35. The largest absolute Gasteiger partial charge is 0.468 e. The number of carbonyl (C=O) groups is 3. The quantitative estimate of drug-likeness (QED) is 0.726. The molecule has 6 nitrogen and oxygen atoms in total. The Morgan fingerprint density at radius 3 is 3.00 bits per heavy atom. The van der Waals surface area contributed by atoms with E-state index in [1.54, 1.807) is 0 Å². The van der Waals surface area contributed by atoms with Crippen molar-refractivity contribution >= 4 is 17.8 Å². The first-order valence-electron chi connectivity index (χ1n) is 6.15. The number of hydrogen-bond acceptors (Lipinski definition) is 5. The van der Waals surface area contributed by atoms with E-state index in [0.29, 0.717) is 12.8 Å². The summed E-state index contributed by atoms with van der Waals surface area (Å²) in [4.78, 5) is 34.6. The van der Waals surface area contributed by atoms with Crippen molar-refractivity contribution in [1.82, 2.24) is 5.32 Å². The topological polar surface area (TPSA) is 81.7 Å². The lowest BCUT2D eigenvalue weighted by atomic mass is 9.75. The average molecular weight is 255 g/mol. The number of ether oxygens (including phenoxy) is 2. The fourth-order valence-electron chi connectivity index (χ4n) is 2.78. The highest BCUT2D eigenvalue weighted by Gasteiger charge is 2.55. The Kier molecular flexibility index (Phi) is 3.54. The van der Waals surface area contributed by atoms with Gasteiger partial charge in [-0.05, 0) is 19.3 Å². The van der Waals surface area contributed by atoms with Crippen molar-refractivity contribution in [1.29, 1.82) is 0 Å². The molecule has 0 bridgehead atoms. The van der Waals surface area contributed by atoms with E-state index in [0.717, 1.165) is 19.3 Å². The second-order valence-electron chi connectivity index (χ2n) is 4.77. The summed E-state index contributed by atoms with van der Waals surface area (Å²) in [5.41, 5.74) is -1.05. The Balaban J connectivity index is 2.05. The van der Waals surface area contributed by atoms with E-state index in [-0.39, 0.29) is 24.3 Å². The molecule has 18 heavy (non-hydrogen) atoms. The molecule has 1 aliphatic carbocycles. The first-order valence-corrected chi connectivity index (χ1v) is 6.15. The second kappa shape index (κ2) is 4.96. The highest BCUT2D eigenvalue weighted by Crippen LogP contribution is 2.44. The molecule has 2 aliphatic rings. The fraction of sp³-hybridized carbons (Fsp3) is 0.750. The van der Waals surface area contributed by atoms with Crippen LogP contribution in [0.15, 0.2) is 0 Å². The van der Waals surface area contributed by atoms with Crippen LogP contribution < -0.4 is 5.32 Å². The van der Waals surface area contributed by atoms with Gasteiger partial charge in [0.25, 0.3) is 5.91 Å². The number of nitrogens with one attached hydrogen (secondary N) is 1. The van der Waals surface area contributed by atoms with Crippen LogP contribution in [0.2, 0.25) is 0 Å². The van der Waals surface area contributed by atoms with Crippen LogP contribution in [0.25, 0.3) is 0 Å². The highest BCUT2D eigenvalue weighted by atomic mass is 16.6. The van der Waals surface area contributed by atoms with Gasteiger partial charge in [-0.2, -0.15) is 0 Å².